The monoisotopic (exact) mass is 724 g/mol. The Morgan fingerprint density at radius 3 is 1.51 bits per heavy atom. The average Bonchev–Trinajstić information content (AvgIpc) is 2.96. The fraction of sp³-hybridized carbons (Fsp3) is 0.111. The van der Waals surface area contributed by atoms with Gasteiger partial charge < -0.3 is 0 Å². The Morgan fingerprint density at radius 2 is 1.00 bits per heavy atom. The second kappa shape index (κ2) is 15.2. The summed E-state index contributed by atoms with van der Waals surface area (Å²) in [7, 11) is 0. The van der Waals surface area contributed by atoms with Crippen LogP contribution >= 0.6 is 38.5 Å². The number of benzene rings is 6. The minimum Gasteiger partial charge on any atom is -0.207 e. The number of fused-ring (bicyclic) bond motifs is 3. The molecule has 0 aliphatic heterocycles. The van der Waals surface area contributed by atoms with Crippen LogP contribution in [-0.4, -0.2) is 4.43 Å². The van der Waals surface area contributed by atoms with E-state index in [1.807, 2.05) is 48.5 Å². The van der Waals surface area contributed by atoms with E-state index in [1.54, 1.807) is 24.3 Å². The average molecular weight is 725 g/mol. The third-order valence-corrected chi connectivity index (χ3v) is 7.73. The zero-order chi connectivity index (χ0) is 29.2. The first kappa shape index (κ1) is 30.8. The fourth-order valence-corrected chi connectivity index (χ4v) is 5.20. The minimum atomic E-state index is -0.194. The van der Waals surface area contributed by atoms with Crippen molar-refractivity contribution in [2.45, 2.75) is 19.3 Å². The fourth-order valence-electron chi connectivity index (χ4n) is 4.44. The normalized spacial score (nSPS) is 10.6. The molecule has 0 nitrogen and oxygen atoms in total. The van der Waals surface area contributed by atoms with E-state index >= 15 is 0 Å². The molecule has 0 saturated heterocycles. The number of hydrogen-bond acceptors (Lipinski definition) is 0. The Hall–Kier alpha value is -3.16. The molecule has 0 heterocycles. The lowest BCUT2D eigenvalue weighted by atomic mass is 10.0. The maximum atomic E-state index is 13.0. The number of allylic oxidation sites excluding steroid dienone is 1. The Kier molecular flexibility index (Phi) is 11.4. The molecule has 0 aliphatic carbocycles. The van der Waals surface area contributed by atoms with Gasteiger partial charge in [-0.2, -0.15) is 0 Å². The first-order valence-electron chi connectivity index (χ1n) is 13.2. The highest BCUT2D eigenvalue weighted by atomic mass is 127. The highest BCUT2D eigenvalue weighted by Crippen LogP contribution is 2.21. The maximum Gasteiger partial charge on any atom is 0.123 e. The van der Waals surface area contributed by atoms with Crippen LogP contribution in [0.15, 0.2) is 126 Å². The number of rotatable bonds is 5. The van der Waals surface area contributed by atoms with Crippen molar-refractivity contribution in [2.24, 2.45) is 0 Å². The van der Waals surface area contributed by atoms with Crippen molar-refractivity contribution < 1.29 is 13.2 Å². The van der Waals surface area contributed by atoms with Crippen molar-refractivity contribution in [1.82, 2.24) is 0 Å². The van der Waals surface area contributed by atoms with Crippen molar-refractivity contribution in [1.29, 1.82) is 0 Å². The highest BCUT2D eigenvalue weighted by Gasteiger charge is 1.99. The van der Waals surface area contributed by atoms with Crippen LogP contribution in [-0.2, 0) is 12.8 Å². The summed E-state index contributed by atoms with van der Waals surface area (Å²) in [6, 6.07) is 32.7. The molecule has 41 heavy (non-hydrogen) atoms. The lowest BCUT2D eigenvalue weighted by Crippen LogP contribution is -1.86. The molecule has 0 bridgehead atoms. The molecular weight excluding hydrogens is 696 g/mol. The highest BCUT2D eigenvalue weighted by molar-refractivity contribution is 14.1. The summed E-state index contributed by atoms with van der Waals surface area (Å²) in [5.74, 6) is -0.539. The van der Waals surface area contributed by atoms with Crippen LogP contribution in [0.3, 0.4) is 0 Å². The van der Waals surface area contributed by atoms with Gasteiger partial charge >= 0.3 is 0 Å². The van der Waals surface area contributed by atoms with E-state index in [-0.39, 0.29) is 17.5 Å². The Labute approximate surface area is 261 Å². The summed E-state index contributed by atoms with van der Waals surface area (Å²) >= 11 is 5.71. The van der Waals surface area contributed by atoms with E-state index < -0.39 is 0 Å². The third kappa shape index (κ3) is 9.17. The van der Waals surface area contributed by atoms with Crippen molar-refractivity contribution in [2.75, 3.05) is 4.43 Å². The second-order valence-electron chi connectivity index (χ2n) is 9.57. The molecule has 0 spiro atoms. The van der Waals surface area contributed by atoms with E-state index in [2.05, 4.69) is 63.3 Å². The van der Waals surface area contributed by atoms with E-state index in [1.165, 1.54) is 40.7 Å². The SMILES string of the molecule is C=CCc1ccc2ccc(F)cc2c1.Fc1ccc2ccc(Br)cc2c1.Fc1ccc2ccc(CCCI)cc2c1. The third-order valence-electron chi connectivity index (χ3n) is 6.48. The van der Waals surface area contributed by atoms with Gasteiger partial charge in [0, 0.05) is 4.47 Å². The van der Waals surface area contributed by atoms with Crippen molar-refractivity contribution in [3.63, 3.8) is 0 Å². The molecule has 0 aliphatic rings. The molecule has 6 aromatic carbocycles. The van der Waals surface area contributed by atoms with Gasteiger partial charge in [-0.1, -0.05) is 105 Å². The number of hydrogen-bond donors (Lipinski definition) is 0. The lowest BCUT2D eigenvalue weighted by molar-refractivity contribution is 0.629. The first-order valence-corrected chi connectivity index (χ1v) is 15.5. The summed E-state index contributed by atoms with van der Waals surface area (Å²) in [5.41, 5.74) is 2.46. The smallest absolute Gasteiger partial charge is 0.123 e. The lowest BCUT2D eigenvalue weighted by Gasteiger charge is -2.02. The van der Waals surface area contributed by atoms with E-state index in [9.17, 15) is 13.2 Å². The van der Waals surface area contributed by atoms with Gasteiger partial charge in [0.25, 0.3) is 0 Å². The molecule has 0 aromatic heterocycles. The largest absolute Gasteiger partial charge is 0.207 e. The molecule has 0 fully saturated rings. The molecule has 0 saturated carbocycles. The van der Waals surface area contributed by atoms with Crippen LogP contribution in [0.4, 0.5) is 13.2 Å². The van der Waals surface area contributed by atoms with Crippen molar-refractivity contribution in [3.8, 4) is 0 Å². The molecule has 0 unspecified atom stereocenters. The zero-order valence-electron chi connectivity index (χ0n) is 22.4. The minimum absolute atomic E-state index is 0.159. The molecule has 0 radical (unpaired) electrons. The van der Waals surface area contributed by atoms with Crippen molar-refractivity contribution >= 4 is 70.8 Å². The number of alkyl halides is 1. The molecule has 6 rings (SSSR count). The summed E-state index contributed by atoms with van der Waals surface area (Å²) < 4.78 is 40.8. The first-order chi connectivity index (χ1) is 19.8. The topological polar surface area (TPSA) is 0 Å². The van der Waals surface area contributed by atoms with E-state index in [4.69, 9.17) is 0 Å². The van der Waals surface area contributed by atoms with Crippen molar-refractivity contribution in [3.05, 3.63) is 155 Å². The van der Waals surface area contributed by atoms with Gasteiger partial charge in [0.05, 0.1) is 0 Å². The Morgan fingerprint density at radius 1 is 0.561 bits per heavy atom. The molecular formula is C36H29BrF3I. The summed E-state index contributed by atoms with van der Waals surface area (Å²) in [4.78, 5) is 0. The molecule has 208 valence electrons. The summed E-state index contributed by atoms with van der Waals surface area (Å²) in [6.07, 6.45) is 4.93. The zero-order valence-corrected chi connectivity index (χ0v) is 26.1. The van der Waals surface area contributed by atoms with Gasteiger partial charge in [0.2, 0.25) is 0 Å². The standard InChI is InChI=1S/C13H12FI.C13H11F.C10H6BrF/c14-13-6-5-11-4-3-10(2-1-7-15)8-12(11)9-13;1-2-3-10-4-5-11-6-7-13(14)9-12(11)8-10;11-9-3-1-7-2-4-10(12)6-8(7)5-9/h3-6,8-9H,1-2,7H2;2,4-9H,1,3H2;1-6H. The summed E-state index contributed by atoms with van der Waals surface area (Å²) in [5, 5.41) is 6.10. The molecule has 6 aromatic rings. The van der Waals surface area contributed by atoms with Gasteiger partial charge in [-0.25, -0.2) is 13.2 Å². The second-order valence-corrected chi connectivity index (χ2v) is 11.6. The van der Waals surface area contributed by atoms with Crippen LogP contribution in [0.2, 0.25) is 0 Å². The summed E-state index contributed by atoms with van der Waals surface area (Å²) in [6.45, 7) is 3.68. The van der Waals surface area contributed by atoms with Crippen LogP contribution in [0.1, 0.15) is 17.5 Å². The van der Waals surface area contributed by atoms with Crippen LogP contribution in [0.25, 0.3) is 32.3 Å². The Bertz CT molecular complexity index is 1740. The molecule has 0 atom stereocenters. The van der Waals surface area contributed by atoms with Crippen LogP contribution < -0.4 is 0 Å². The molecule has 0 N–H and O–H groups in total. The van der Waals surface area contributed by atoms with Crippen LogP contribution in [0, 0.1) is 17.5 Å². The Balaban J connectivity index is 0.000000142. The maximum absolute atomic E-state index is 13.0. The van der Waals surface area contributed by atoms with Gasteiger partial charge in [-0.05, 0) is 116 Å². The molecule has 0 amide bonds. The number of aryl methyl sites for hydroxylation is 1. The van der Waals surface area contributed by atoms with Gasteiger partial charge in [-0.3, -0.25) is 0 Å². The predicted molar refractivity (Wildman–Crippen MR) is 181 cm³/mol. The van der Waals surface area contributed by atoms with Gasteiger partial charge in [0.15, 0.2) is 0 Å². The molecule has 5 heteroatoms. The van der Waals surface area contributed by atoms with E-state index in [0.717, 1.165) is 55.2 Å². The van der Waals surface area contributed by atoms with E-state index in [0.29, 0.717) is 0 Å². The van der Waals surface area contributed by atoms with Gasteiger partial charge in [-0.15, -0.1) is 6.58 Å². The van der Waals surface area contributed by atoms with Gasteiger partial charge in [0.1, 0.15) is 17.5 Å². The number of halogens is 5. The quantitative estimate of drug-likeness (QED) is 0.0943. The predicted octanol–water partition coefficient (Wildman–Crippen LogP) is 11.8. The van der Waals surface area contributed by atoms with Crippen LogP contribution in [0.5, 0.6) is 0 Å².